The van der Waals surface area contributed by atoms with Gasteiger partial charge in [-0.15, -0.1) is 0 Å². The Labute approximate surface area is 106 Å². The molecule has 17 heavy (non-hydrogen) atoms. The fourth-order valence-corrected chi connectivity index (χ4v) is 2.47. The molecule has 2 rings (SSSR count). The van der Waals surface area contributed by atoms with E-state index in [4.69, 9.17) is 0 Å². The number of nitrogens with one attached hydrogen (secondary N) is 1. The van der Waals surface area contributed by atoms with Gasteiger partial charge in [-0.3, -0.25) is 0 Å². The summed E-state index contributed by atoms with van der Waals surface area (Å²) in [6, 6.07) is 0.293. The highest BCUT2D eigenvalue weighted by Gasteiger charge is 2.29. The molecule has 0 aromatic carbocycles. The lowest BCUT2D eigenvalue weighted by molar-refractivity contribution is 0.199. The maximum atomic E-state index is 9.28. The van der Waals surface area contributed by atoms with E-state index in [2.05, 4.69) is 17.1 Å². The molecular formula is C14H28N2O. The van der Waals surface area contributed by atoms with Gasteiger partial charge in [-0.1, -0.05) is 6.92 Å². The average Bonchev–Trinajstić information content (AvgIpc) is 3.19. The molecule has 0 spiro atoms. The number of likely N-dealkylation sites (N-methyl/N-ethyl adjacent to an activating group) is 1. The number of rotatable bonds is 10. The molecule has 0 bridgehead atoms. The zero-order valence-electron chi connectivity index (χ0n) is 11.2. The number of aliphatic hydroxyl groups is 1. The fraction of sp³-hybridized carbons (Fsp3) is 1.00. The molecule has 2 fully saturated rings. The van der Waals surface area contributed by atoms with E-state index in [9.17, 15) is 5.11 Å². The van der Waals surface area contributed by atoms with E-state index in [1.807, 2.05) is 0 Å². The summed E-state index contributed by atoms with van der Waals surface area (Å²) >= 11 is 0. The van der Waals surface area contributed by atoms with Gasteiger partial charge in [0.15, 0.2) is 0 Å². The second-order valence-electron chi connectivity index (χ2n) is 5.87. The summed E-state index contributed by atoms with van der Waals surface area (Å²) in [5.41, 5.74) is 0. The van der Waals surface area contributed by atoms with Crippen molar-refractivity contribution in [3.63, 3.8) is 0 Å². The minimum atomic E-state index is 0.272. The highest BCUT2D eigenvalue weighted by molar-refractivity contribution is 4.83. The van der Waals surface area contributed by atoms with Crippen LogP contribution < -0.4 is 5.32 Å². The van der Waals surface area contributed by atoms with E-state index in [-0.39, 0.29) is 6.61 Å². The van der Waals surface area contributed by atoms with Gasteiger partial charge in [-0.05, 0) is 57.0 Å². The summed E-state index contributed by atoms with van der Waals surface area (Å²) in [7, 11) is 0. The van der Waals surface area contributed by atoms with Crippen molar-refractivity contribution >= 4 is 0 Å². The lowest BCUT2D eigenvalue weighted by Crippen LogP contribution is -2.38. The second-order valence-corrected chi connectivity index (χ2v) is 5.87. The van der Waals surface area contributed by atoms with Crippen LogP contribution in [0, 0.1) is 11.8 Å². The van der Waals surface area contributed by atoms with Crippen molar-refractivity contribution < 1.29 is 5.11 Å². The molecule has 2 saturated carbocycles. The molecule has 0 amide bonds. The van der Waals surface area contributed by atoms with Crippen molar-refractivity contribution in [2.75, 3.05) is 32.8 Å². The zero-order chi connectivity index (χ0) is 12.1. The van der Waals surface area contributed by atoms with E-state index in [1.165, 1.54) is 38.8 Å². The zero-order valence-corrected chi connectivity index (χ0v) is 11.2. The van der Waals surface area contributed by atoms with Crippen LogP contribution in [-0.4, -0.2) is 48.8 Å². The van der Waals surface area contributed by atoms with Crippen molar-refractivity contribution in [1.82, 2.24) is 10.2 Å². The molecule has 100 valence electrons. The smallest absolute Gasteiger partial charge is 0.0585 e. The van der Waals surface area contributed by atoms with Crippen LogP contribution in [-0.2, 0) is 0 Å². The molecule has 0 aromatic heterocycles. The van der Waals surface area contributed by atoms with Gasteiger partial charge in [0, 0.05) is 19.1 Å². The fourth-order valence-electron chi connectivity index (χ4n) is 2.47. The highest BCUT2D eigenvalue weighted by Crippen LogP contribution is 2.33. The first-order valence-electron chi connectivity index (χ1n) is 7.38. The van der Waals surface area contributed by atoms with Gasteiger partial charge in [0.1, 0.15) is 0 Å². The first-order chi connectivity index (χ1) is 8.31. The van der Waals surface area contributed by atoms with Gasteiger partial charge in [-0.2, -0.15) is 0 Å². The van der Waals surface area contributed by atoms with E-state index >= 15 is 0 Å². The standard InChI is InChI=1S/C14H28N2O/c1-2-15-14(11-17)7-8-16(9-12-3-4-12)10-13-5-6-13/h12-15,17H,2-11H2,1H3. The quantitative estimate of drug-likeness (QED) is 0.607. The van der Waals surface area contributed by atoms with Crippen molar-refractivity contribution in [3.8, 4) is 0 Å². The first kappa shape index (κ1) is 13.3. The largest absolute Gasteiger partial charge is 0.395 e. The van der Waals surface area contributed by atoms with Crippen molar-refractivity contribution in [2.24, 2.45) is 11.8 Å². The molecule has 1 atom stereocenters. The van der Waals surface area contributed by atoms with E-state index in [0.29, 0.717) is 6.04 Å². The lowest BCUT2D eigenvalue weighted by Gasteiger charge is -2.24. The Kier molecular flexibility index (Phi) is 5.26. The Morgan fingerprint density at radius 3 is 2.18 bits per heavy atom. The molecule has 1 unspecified atom stereocenters. The molecule has 0 radical (unpaired) electrons. The second kappa shape index (κ2) is 6.72. The van der Waals surface area contributed by atoms with Gasteiger partial charge in [-0.25, -0.2) is 0 Å². The van der Waals surface area contributed by atoms with Crippen molar-refractivity contribution in [2.45, 2.75) is 45.1 Å². The van der Waals surface area contributed by atoms with Gasteiger partial charge in [0.25, 0.3) is 0 Å². The van der Waals surface area contributed by atoms with Gasteiger partial charge < -0.3 is 15.3 Å². The average molecular weight is 240 g/mol. The number of nitrogens with zero attached hydrogens (tertiary/aromatic N) is 1. The molecule has 2 aliphatic rings. The lowest BCUT2D eigenvalue weighted by atomic mass is 10.2. The van der Waals surface area contributed by atoms with E-state index < -0.39 is 0 Å². The summed E-state index contributed by atoms with van der Waals surface area (Å²) in [5, 5.41) is 12.6. The summed E-state index contributed by atoms with van der Waals surface area (Å²) in [5.74, 6) is 1.97. The topological polar surface area (TPSA) is 35.5 Å². The molecule has 2 N–H and O–H groups in total. The monoisotopic (exact) mass is 240 g/mol. The number of hydrogen-bond donors (Lipinski definition) is 2. The van der Waals surface area contributed by atoms with E-state index in [1.54, 1.807) is 0 Å². The molecular weight excluding hydrogens is 212 g/mol. The van der Waals surface area contributed by atoms with Crippen molar-refractivity contribution in [3.05, 3.63) is 0 Å². The van der Waals surface area contributed by atoms with Crippen LogP contribution in [0.1, 0.15) is 39.0 Å². The van der Waals surface area contributed by atoms with Crippen LogP contribution in [0.3, 0.4) is 0 Å². The number of hydrogen-bond acceptors (Lipinski definition) is 3. The van der Waals surface area contributed by atoms with Crippen LogP contribution in [0.4, 0.5) is 0 Å². The van der Waals surface area contributed by atoms with Crippen LogP contribution in [0.25, 0.3) is 0 Å². The minimum absolute atomic E-state index is 0.272. The van der Waals surface area contributed by atoms with Crippen LogP contribution >= 0.6 is 0 Å². The van der Waals surface area contributed by atoms with Crippen LogP contribution in [0.15, 0.2) is 0 Å². The Bertz CT molecular complexity index is 200. The van der Waals surface area contributed by atoms with Crippen LogP contribution in [0.5, 0.6) is 0 Å². The third-order valence-corrected chi connectivity index (χ3v) is 3.93. The maximum absolute atomic E-state index is 9.28. The van der Waals surface area contributed by atoms with Gasteiger partial charge in [0.2, 0.25) is 0 Å². The van der Waals surface area contributed by atoms with Crippen LogP contribution in [0.2, 0.25) is 0 Å². The SMILES string of the molecule is CCNC(CO)CCN(CC1CC1)CC1CC1. The Balaban J connectivity index is 1.66. The Morgan fingerprint density at radius 1 is 1.18 bits per heavy atom. The molecule has 0 heterocycles. The summed E-state index contributed by atoms with van der Waals surface area (Å²) in [6.45, 7) is 7.10. The normalized spacial score (nSPS) is 22.1. The summed E-state index contributed by atoms with van der Waals surface area (Å²) < 4.78 is 0. The predicted molar refractivity (Wildman–Crippen MR) is 71.1 cm³/mol. The van der Waals surface area contributed by atoms with Gasteiger partial charge in [0.05, 0.1) is 6.61 Å². The summed E-state index contributed by atoms with van der Waals surface area (Å²) in [6.07, 6.45) is 6.86. The number of aliphatic hydroxyl groups excluding tert-OH is 1. The maximum Gasteiger partial charge on any atom is 0.0585 e. The third-order valence-electron chi connectivity index (χ3n) is 3.93. The molecule has 2 aliphatic carbocycles. The Hall–Kier alpha value is -0.120. The first-order valence-corrected chi connectivity index (χ1v) is 7.38. The van der Waals surface area contributed by atoms with E-state index in [0.717, 1.165) is 31.3 Å². The van der Waals surface area contributed by atoms with Gasteiger partial charge >= 0.3 is 0 Å². The molecule has 3 heteroatoms. The molecule has 3 nitrogen and oxygen atoms in total. The van der Waals surface area contributed by atoms with Crippen molar-refractivity contribution in [1.29, 1.82) is 0 Å². The Morgan fingerprint density at radius 2 is 1.76 bits per heavy atom. The molecule has 0 saturated heterocycles. The minimum Gasteiger partial charge on any atom is -0.395 e. The third kappa shape index (κ3) is 5.36. The molecule has 0 aromatic rings. The predicted octanol–water partition coefficient (Wildman–Crippen LogP) is 1.47. The highest BCUT2D eigenvalue weighted by atomic mass is 16.3. The summed E-state index contributed by atoms with van der Waals surface area (Å²) in [4.78, 5) is 2.65. The molecule has 0 aliphatic heterocycles.